The standard InChI is InChI=1S/C16H17N3O2/c1-21-15-9-7-14(8-10-15)17-12-16(20)19-18-11-13-5-3-2-4-6-13/h2-11,17H,12H2,1H3,(H,19,20). The Balaban J connectivity index is 1.75. The molecule has 0 aliphatic rings. The summed E-state index contributed by atoms with van der Waals surface area (Å²) in [6.45, 7) is 0.151. The molecular formula is C16H17N3O2. The van der Waals surface area contributed by atoms with Crippen molar-refractivity contribution in [3.05, 3.63) is 60.2 Å². The van der Waals surface area contributed by atoms with Crippen molar-refractivity contribution in [1.29, 1.82) is 0 Å². The second-order valence-electron chi connectivity index (χ2n) is 4.29. The first-order valence-corrected chi connectivity index (χ1v) is 6.53. The van der Waals surface area contributed by atoms with Gasteiger partial charge in [-0.05, 0) is 29.8 Å². The Morgan fingerprint density at radius 2 is 1.86 bits per heavy atom. The van der Waals surface area contributed by atoms with Gasteiger partial charge in [0.1, 0.15) is 5.75 Å². The van der Waals surface area contributed by atoms with Crippen LogP contribution in [-0.4, -0.2) is 25.8 Å². The first kappa shape index (κ1) is 14.6. The third kappa shape index (κ3) is 4.99. The van der Waals surface area contributed by atoms with Gasteiger partial charge in [0.15, 0.2) is 0 Å². The number of hydrogen-bond donors (Lipinski definition) is 2. The molecule has 0 fully saturated rings. The monoisotopic (exact) mass is 283 g/mol. The summed E-state index contributed by atoms with van der Waals surface area (Å²) in [5.74, 6) is 0.565. The van der Waals surface area contributed by atoms with Gasteiger partial charge in [-0.3, -0.25) is 4.79 Å². The largest absolute Gasteiger partial charge is 0.497 e. The van der Waals surface area contributed by atoms with Crippen LogP contribution in [0.2, 0.25) is 0 Å². The first-order valence-electron chi connectivity index (χ1n) is 6.53. The Hall–Kier alpha value is -2.82. The molecule has 0 aromatic heterocycles. The van der Waals surface area contributed by atoms with Gasteiger partial charge in [-0.25, -0.2) is 5.43 Å². The highest BCUT2D eigenvalue weighted by Gasteiger charge is 1.99. The molecule has 2 aromatic rings. The van der Waals surface area contributed by atoms with Gasteiger partial charge < -0.3 is 10.1 Å². The number of nitrogens with one attached hydrogen (secondary N) is 2. The van der Waals surface area contributed by atoms with Crippen LogP contribution >= 0.6 is 0 Å². The van der Waals surface area contributed by atoms with Crippen LogP contribution in [0, 0.1) is 0 Å². The molecule has 5 nitrogen and oxygen atoms in total. The molecule has 108 valence electrons. The van der Waals surface area contributed by atoms with Crippen LogP contribution in [0.3, 0.4) is 0 Å². The lowest BCUT2D eigenvalue weighted by Gasteiger charge is -2.06. The Bertz CT molecular complexity index is 595. The van der Waals surface area contributed by atoms with E-state index in [1.165, 1.54) is 0 Å². The number of hydrazone groups is 1. The van der Waals surface area contributed by atoms with E-state index in [0.29, 0.717) is 0 Å². The summed E-state index contributed by atoms with van der Waals surface area (Å²) in [5.41, 5.74) is 4.24. The molecule has 0 saturated heterocycles. The maximum absolute atomic E-state index is 11.6. The predicted molar refractivity (Wildman–Crippen MR) is 83.7 cm³/mol. The molecule has 2 aromatic carbocycles. The van der Waals surface area contributed by atoms with Crippen LogP contribution in [0.1, 0.15) is 5.56 Å². The summed E-state index contributed by atoms with van der Waals surface area (Å²) in [6, 6.07) is 16.9. The number of ether oxygens (including phenoxy) is 1. The number of nitrogens with zero attached hydrogens (tertiary/aromatic N) is 1. The van der Waals surface area contributed by atoms with E-state index in [4.69, 9.17) is 4.74 Å². The Morgan fingerprint density at radius 1 is 1.14 bits per heavy atom. The second kappa shape index (κ2) is 7.69. The SMILES string of the molecule is COc1ccc(NCC(=O)NN=Cc2ccccc2)cc1. The number of rotatable bonds is 6. The molecule has 2 N–H and O–H groups in total. The van der Waals surface area contributed by atoms with Gasteiger partial charge >= 0.3 is 0 Å². The van der Waals surface area contributed by atoms with E-state index >= 15 is 0 Å². The summed E-state index contributed by atoms with van der Waals surface area (Å²) in [7, 11) is 1.61. The second-order valence-corrected chi connectivity index (χ2v) is 4.29. The summed E-state index contributed by atoms with van der Waals surface area (Å²) >= 11 is 0. The molecule has 0 spiro atoms. The number of carbonyl (C=O) groups is 1. The number of benzene rings is 2. The topological polar surface area (TPSA) is 62.7 Å². The van der Waals surface area contributed by atoms with Crippen molar-refractivity contribution >= 4 is 17.8 Å². The van der Waals surface area contributed by atoms with E-state index in [9.17, 15) is 4.79 Å². The zero-order valence-electron chi connectivity index (χ0n) is 11.7. The molecule has 0 heterocycles. The first-order chi connectivity index (χ1) is 10.3. The molecule has 0 radical (unpaired) electrons. The number of carbonyl (C=O) groups excluding carboxylic acids is 1. The van der Waals surface area contributed by atoms with E-state index in [1.807, 2.05) is 54.6 Å². The molecule has 5 heteroatoms. The van der Waals surface area contributed by atoms with Gasteiger partial charge in [0.05, 0.1) is 19.9 Å². The van der Waals surface area contributed by atoms with Crippen molar-refractivity contribution in [2.24, 2.45) is 5.10 Å². The Labute approximate surface area is 123 Å². The van der Waals surface area contributed by atoms with Crippen LogP contribution in [0.5, 0.6) is 5.75 Å². The molecule has 0 aliphatic carbocycles. The highest BCUT2D eigenvalue weighted by Crippen LogP contribution is 2.14. The molecule has 2 rings (SSSR count). The average molecular weight is 283 g/mol. The van der Waals surface area contributed by atoms with Crippen molar-refractivity contribution in [3.8, 4) is 5.75 Å². The van der Waals surface area contributed by atoms with Gasteiger partial charge in [-0.2, -0.15) is 5.10 Å². The summed E-state index contributed by atoms with van der Waals surface area (Å²) in [6.07, 6.45) is 1.60. The van der Waals surface area contributed by atoms with Gasteiger partial charge in [0.25, 0.3) is 5.91 Å². The molecular weight excluding hydrogens is 266 g/mol. The van der Waals surface area contributed by atoms with Gasteiger partial charge in [0.2, 0.25) is 0 Å². The van der Waals surface area contributed by atoms with Crippen molar-refractivity contribution in [3.63, 3.8) is 0 Å². The maximum Gasteiger partial charge on any atom is 0.259 e. The van der Waals surface area contributed by atoms with E-state index < -0.39 is 0 Å². The van der Waals surface area contributed by atoms with Crippen molar-refractivity contribution < 1.29 is 9.53 Å². The lowest BCUT2D eigenvalue weighted by atomic mass is 10.2. The fourth-order valence-electron chi connectivity index (χ4n) is 1.65. The third-order valence-corrected chi connectivity index (χ3v) is 2.75. The van der Waals surface area contributed by atoms with Crippen LogP contribution in [0.4, 0.5) is 5.69 Å². The zero-order chi connectivity index (χ0) is 14.9. The Morgan fingerprint density at radius 3 is 2.52 bits per heavy atom. The minimum atomic E-state index is -0.210. The predicted octanol–water partition coefficient (Wildman–Crippen LogP) is 2.26. The number of hydrogen-bond acceptors (Lipinski definition) is 4. The Kier molecular flexibility index (Phi) is 5.34. The maximum atomic E-state index is 11.6. The lowest BCUT2D eigenvalue weighted by Crippen LogP contribution is -2.25. The fraction of sp³-hybridized carbons (Fsp3) is 0.125. The van der Waals surface area contributed by atoms with Gasteiger partial charge in [-0.15, -0.1) is 0 Å². The molecule has 0 bridgehead atoms. The molecule has 0 atom stereocenters. The third-order valence-electron chi connectivity index (χ3n) is 2.75. The summed E-state index contributed by atoms with van der Waals surface area (Å²) < 4.78 is 5.06. The number of methoxy groups -OCH3 is 1. The fourth-order valence-corrected chi connectivity index (χ4v) is 1.65. The molecule has 0 aliphatic heterocycles. The van der Waals surface area contributed by atoms with Crippen LogP contribution in [-0.2, 0) is 4.79 Å². The van der Waals surface area contributed by atoms with E-state index in [-0.39, 0.29) is 12.5 Å². The van der Waals surface area contributed by atoms with Crippen molar-refractivity contribution in [2.75, 3.05) is 19.0 Å². The lowest BCUT2D eigenvalue weighted by molar-refractivity contribution is -0.119. The van der Waals surface area contributed by atoms with Crippen LogP contribution in [0.15, 0.2) is 59.7 Å². The van der Waals surface area contributed by atoms with Gasteiger partial charge in [-0.1, -0.05) is 30.3 Å². The molecule has 0 unspecified atom stereocenters. The van der Waals surface area contributed by atoms with E-state index in [2.05, 4.69) is 15.8 Å². The summed E-state index contributed by atoms with van der Waals surface area (Å²) in [5, 5.41) is 6.90. The highest BCUT2D eigenvalue weighted by atomic mass is 16.5. The zero-order valence-corrected chi connectivity index (χ0v) is 11.7. The average Bonchev–Trinajstić information content (AvgIpc) is 2.54. The molecule has 1 amide bonds. The van der Waals surface area contributed by atoms with E-state index in [1.54, 1.807) is 13.3 Å². The number of anilines is 1. The van der Waals surface area contributed by atoms with E-state index in [0.717, 1.165) is 17.0 Å². The minimum absolute atomic E-state index is 0.151. The molecule has 21 heavy (non-hydrogen) atoms. The van der Waals surface area contributed by atoms with Crippen LogP contribution < -0.4 is 15.5 Å². The van der Waals surface area contributed by atoms with Crippen LogP contribution in [0.25, 0.3) is 0 Å². The number of amides is 1. The normalized spacial score (nSPS) is 10.3. The quantitative estimate of drug-likeness (QED) is 0.631. The van der Waals surface area contributed by atoms with Gasteiger partial charge in [0, 0.05) is 5.69 Å². The molecule has 0 saturated carbocycles. The highest BCUT2D eigenvalue weighted by molar-refractivity contribution is 5.84. The van der Waals surface area contributed by atoms with Crippen molar-refractivity contribution in [1.82, 2.24) is 5.43 Å². The summed E-state index contributed by atoms with van der Waals surface area (Å²) in [4.78, 5) is 11.6. The minimum Gasteiger partial charge on any atom is -0.497 e. The van der Waals surface area contributed by atoms with Crippen molar-refractivity contribution in [2.45, 2.75) is 0 Å². The smallest absolute Gasteiger partial charge is 0.259 e.